The molecule has 0 aromatic heterocycles. The van der Waals surface area contributed by atoms with Gasteiger partial charge in [-0.25, -0.2) is 0 Å². The van der Waals surface area contributed by atoms with Gasteiger partial charge in [-0.2, -0.15) is 8.42 Å². The first-order valence-corrected chi connectivity index (χ1v) is 12.3. The highest BCUT2D eigenvalue weighted by Gasteiger charge is 2.41. The predicted octanol–water partition coefficient (Wildman–Crippen LogP) is 3.36. The maximum atomic E-state index is 12.6. The summed E-state index contributed by atoms with van der Waals surface area (Å²) in [6, 6.07) is 13.2. The summed E-state index contributed by atoms with van der Waals surface area (Å²) >= 11 is 0. The molecule has 7 heteroatoms. The third kappa shape index (κ3) is 4.80. The predicted molar refractivity (Wildman–Crippen MR) is 119 cm³/mol. The molecule has 1 aliphatic heterocycles. The molecule has 1 heterocycles. The Morgan fingerprint density at radius 3 is 2.61 bits per heavy atom. The molecule has 0 N–H and O–H groups in total. The van der Waals surface area contributed by atoms with Gasteiger partial charge in [0.1, 0.15) is 5.75 Å². The zero-order valence-electron chi connectivity index (χ0n) is 18.4. The first-order valence-electron chi connectivity index (χ1n) is 10.9. The standard InChI is InChI=1S/C24H31NO5S/c1-4-12-25-15-19(16-29-31(26,27)20-10-8-17(2)9-11-20)30-24-14-21-18(13-22(24)25)6-5-7-23(21)28-3/h5-11,19,22,24H,4,12-16H2,1-3H3/t19-,22+,24?/m1/s1. The van der Waals surface area contributed by atoms with Crippen molar-refractivity contribution in [2.24, 2.45) is 0 Å². The summed E-state index contributed by atoms with van der Waals surface area (Å²) in [6.45, 7) is 5.71. The molecular weight excluding hydrogens is 414 g/mol. The second kappa shape index (κ2) is 9.28. The Kier molecular flexibility index (Phi) is 6.67. The minimum Gasteiger partial charge on any atom is -0.496 e. The van der Waals surface area contributed by atoms with Crippen LogP contribution < -0.4 is 4.74 Å². The normalized spacial score (nSPS) is 23.8. The topological polar surface area (TPSA) is 65.1 Å². The van der Waals surface area contributed by atoms with Crippen LogP contribution in [0.5, 0.6) is 5.75 Å². The average Bonchev–Trinajstić information content (AvgIpc) is 2.76. The molecule has 1 unspecified atom stereocenters. The molecule has 6 nitrogen and oxygen atoms in total. The lowest BCUT2D eigenvalue weighted by Crippen LogP contribution is -2.59. The van der Waals surface area contributed by atoms with Crippen molar-refractivity contribution in [1.82, 2.24) is 4.90 Å². The maximum absolute atomic E-state index is 12.6. The Bertz CT molecular complexity index is 1010. The fourth-order valence-corrected chi connectivity index (χ4v) is 5.62. The Labute approximate surface area is 185 Å². The Hall–Kier alpha value is -1.93. The van der Waals surface area contributed by atoms with E-state index in [1.165, 1.54) is 11.1 Å². The molecule has 0 amide bonds. The zero-order chi connectivity index (χ0) is 22.0. The van der Waals surface area contributed by atoms with Crippen LogP contribution in [0, 0.1) is 6.92 Å². The van der Waals surface area contributed by atoms with Gasteiger partial charge in [0.25, 0.3) is 10.1 Å². The molecule has 0 radical (unpaired) electrons. The summed E-state index contributed by atoms with van der Waals surface area (Å²) in [7, 11) is -2.12. The number of rotatable bonds is 7. The van der Waals surface area contributed by atoms with Crippen molar-refractivity contribution in [1.29, 1.82) is 0 Å². The van der Waals surface area contributed by atoms with Crippen LogP contribution in [-0.2, 0) is 31.9 Å². The van der Waals surface area contributed by atoms with Crippen LogP contribution in [0.3, 0.4) is 0 Å². The second-order valence-corrected chi connectivity index (χ2v) is 10.0. The minimum absolute atomic E-state index is 0.0123. The van der Waals surface area contributed by atoms with E-state index in [2.05, 4.69) is 17.9 Å². The summed E-state index contributed by atoms with van der Waals surface area (Å²) < 4.78 is 42.6. The SMILES string of the molecule is CCCN1C[C@H](COS(=O)(=O)c2ccc(C)cc2)OC2Cc3c(cccc3OC)C[C@@H]21. The van der Waals surface area contributed by atoms with Crippen molar-refractivity contribution in [3.05, 3.63) is 59.2 Å². The van der Waals surface area contributed by atoms with Crippen LogP contribution in [0.1, 0.15) is 30.0 Å². The third-order valence-electron chi connectivity index (χ3n) is 6.22. The van der Waals surface area contributed by atoms with E-state index >= 15 is 0 Å². The van der Waals surface area contributed by atoms with E-state index in [-0.39, 0.29) is 29.8 Å². The molecule has 168 valence electrons. The fraction of sp³-hybridized carbons (Fsp3) is 0.500. The summed E-state index contributed by atoms with van der Waals surface area (Å²) in [4.78, 5) is 2.61. The third-order valence-corrected chi connectivity index (χ3v) is 7.51. The Balaban J connectivity index is 1.49. The van der Waals surface area contributed by atoms with Gasteiger partial charge in [0.15, 0.2) is 0 Å². The molecule has 2 aromatic carbocycles. The van der Waals surface area contributed by atoms with E-state index < -0.39 is 10.1 Å². The smallest absolute Gasteiger partial charge is 0.297 e. The van der Waals surface area contributed by atoms with Crippen molar-refractivity contribution in [3.63, 3.8) is 0 Å². The molecule has 2 aliphatic rings. The largest absolute Gasteiger partial charge is 0.496 e. The minimum atomic E-state index is -3.81. The van der Waals surface area contributed by atoms with Gasteiger partial charge in [0.05, 0.1) is 30.8 Å². The average molecular weight is 446 g/mol. The molecule has 0 bridgehead atoms. The Morgan fingerprint density at radius 1 is 1.13 bits per heavy atom. The molecule has 31 heavy (non-hydrogen) atoms. The van der Waals surface area contributed by atoms with Crippen LogP contribution >= 0.6 is 0 Å². The van der Waals surface area contributed by atoms with Gasteiger partial charge in [-0.15, -0.1) is 0 Å². The van der Waals surface area contributed by atoms with Crippen molar-refractivity contribution < 1.29 is 22.1 Å². The van der Waals surface area contributed by atoms with E-state index in [0.29, 0.717) is 6.54 Å². The first kappa shape index (κ1) is 22.3. The molecule has 1 aliphatic carbocycles. The second-order valence-electron chi connectivity index (χ2n) is 8.42. The number of ether oxygens (including phenoxy) is 2. The van der Waals surface area contributed by atoms with Crippen molar-refractivity contribution in [2.45, 2.75) is 56.3 Å². The highest BCUT2D eigenvalue weighted by molar-refractivity contribution is 7.86. The van der Waals surface area contributed by atoms with Gasteiger partial charge in [-0.1, -0.05) is 36.8 Å². The highest BCUT2D eigenvalue weighted by Crippen LogP contribution is 2.35. The number of nitrogens with zero attached hydrogens (tertiary/aromatic N) is 1. The highest BCUT2D eigenvalue weighted by atomic mass is 32.2. The molecule has 3 atom stereocenters. The number of morpholine rings is 1. The maximum Gasteiger partial charge on any atom is 0.297 e. The lowest BCUT2D eigenvalue weighted by Gasteiger charge is -2.47. The molecule has 1 fully saturated rings. The lowest BCUT2D eigenvalue weighted by atomic mass is 9.83. The summed E-state index contributed by atoms with van der Waals surface area (Å²) in [5.74, 6) is 0.891. The fourth-order valence-electron chi connectivity index (χ4n) is 4.68. The Morgan fingerprint density at radius 2 is 1.90 bits per heavy atom. The lowest BCUT2D eigenvalue weighted by molar-refractivity contribution is -0.132. The van der Waals surface area contributed by atoms with E-state index in [4.69, 9.17) is 13.7 Å². The van der Waals surface area contributed by atoms with E-state index in [1.807, 2.05) is 19.1 Å². The van der Waals surface area contributed by atoms with E-state index in [0.717, 1.165) is 37.1 Å². The van der Waals surface area contributed by atoms with E-state index in [1.54, 1.807) is 31.4 Å². The molecular formula is C24H31NO5S. The van der Waals surface area contributed by atoms with Gasteiger partial charge in [-0.3, -0.25) is 9.08 Å². The molecule has 2 aromatic rings. The quantitative estimate of drug-likeness (QED) is 0.609. The number of aryl methyl sites for hydroxylation is 1. The van der Waals surface area contributed by atoms with Crippen LogP contribution in [0.2, 0.25) is 0 Å². The van der Waals surface area contributed by atoms with Crippen molar-refractivity contribution in [2.75, 3.05) is 26.8 Å². The van der Waals surface area contributed by atoms with Crippen molar-refractivity contribution in [3.8, 4) is 5.75 Å². The molecule has 0 spiro atoms. The van der Waals surface area contributed by atoms with E-state index in [9.17, 15) is 8.42 Å². The van der Waals surface area contributed by atoms with Gasteiger partial charge in [0.2, 0.25) is 0 Å². The molecule has 4 rings (SSSR count). The number of fused-ring (bicyclic) bond motifs is 2. The van der Waals surface area contributed by atoms with Gasteiger partial charge in [0, 0.05) is 19.0 Å². The number of hydrogen-bond donors (Lipinski definition) is 0. The number of benzene rings is 2. The van der Waals surface area contributed by atoms with Crippen molar-refractivity contribution >= 4 is 10.1 Å². The summed E-state index contributed by atoms with van der Waals surface area (Å²) in [5.41, 5.74) is 3.50. The van der Waals surface area contributed by atoms with Crippen LogP contribution in [0.25, 0.3) is 0 Å². The monoisotopic (exact) mass is 445 g/mol. The number of methoxy groups -OCH3 is 1. The van der Waals surface area contributed by atoms with Crippen LogP contribution in [0.4, 0.5) is 0 Å². The molecule has 1 saturated heterocycles. The zero-order valence-corrected chi connectivity index (χ0v) is 19.2. The van der Waals surface area contributed by atoms with Crippen LogP contribution in [-0.4, -0.2) is 58.4 Å². The van der Waals surface area contributed by atoms with Gasteiger partial charge in [-0.05, 0) is 55.6 Å². The molecule has 0 saturated carbocycles. The van der Waals surface area contributed by atoms with Gasteiger partial charge >= 0.3 is 0 Å². The van der Waals surface area contributed by atoms with Crippen LogP contribution in [0.15, 0.2) is 47.4 Å². The summed E-state index contributed by atoms with van der Waals surface area (Å²) in [6.07, 6.45) is 2.38. The first-order chi connectivity index (χ1) is 14.9. The summed E-state index contributed by atoms with van der Waals surface area (Å²) in [5, 5.41) is 0. The number of hydrogen-bond acceptors (Lipinski definition) is 6. The van der Waals surface area contributed by atoms with Gasteiger partial charge < -0.3 is 9.47 Å².